The summed E-state index contributed by atoms with van der Waals surface area (Å²) in [5, 5.41) is 5.48. The van der Waals surface area contributed by atoms with E-state index in [1.807, 2.05) is 12.1 Å². The van der Waals surface area contributed by atoms with Crippen LogP contribution in [0, 0.1) is 0 Å². The van der Waals surface area contributed by atoms with Crippen molar-refractivity contribution in [3.63, 3.8) is 0 Å². The van der Waals surface area contributed by atoms with E-state index in [9.17, 15) is 19.2 Å². The molecule has 2 rings (SSSR count). The summed E-state index contributed by atoms with van der Waals surface area (Å²) in [6.45, 7) is 2.86. The molecule has 0 bridgehead atoms. The maximum atomic E-state index is 12.3. The number of carbonyl (C=O) groups excluding carboxylic acids is 4. The van der Waals surface area contributed by atoms with Gasteiger partial charge >= 0.3 is 0 Å². The zero-order chi connectivity index (χ0) is 21.9. The first-order valence-electron chi connectivity index (χ1n) is 9.35. The third-order valence-corrected chi connectivity index (χ3v) is 6.64. The number of amides is 2. The predicted molar refractivity (Wildman–Crippen MR) is 122 cm³/mol. The van der Waals surface area contributed by atoms with Crippen LogP contribution in [0.5, 0.6) is 0 Å². The largest absolute Gasteiger partial charge is 0.341 e. The smallest absolute Gasteiger partial charge is 0.251 e. The lowest BCUT2D eigenvalue weighted by molar-refractivity contribution is -0.119. The van der Waals surface area contributed by atoms with Gasteiger partial charge in [-0.15, -0.1) is 0 Å². The van der Waals surface area contributed by atoms with Gasteiger partial charge in [-0.3, -0.25) is 19.2 Å². The topological polar surface area (TPSA) is 92.3 Å². The molecule has 2 aromatic carbocycles. The molecule has 0 saturated carbocycles. The fourth-order valence-electron chi connectivity index (χ4n) is 2.42. The van der Waals surface area contributed by atoms with Crippen LogP contribution in [0.15, 0.2) is 60.7 Å². The van der Waals surface area contributed by atoms with Crippen molar-refractivity contribution in [3.05, 3.63) is 71.8 Å². The molecule has 2 amide bonds. The molecule has 0 saturated heterocycles. The molecule has 6 nitrogen and oxygen atoms in total. The predicted octanol–water partition coefficient (Wildman–Crippen LogP) is 3.14. The molecule has 0 radical (unpaired) electrons. The van der Waals surface area contributed by atoms with Crippen LogP contribution >= 0.6 is 21.6 Å². The van der Waals surface area contributed by atoms with Gasteiger partial charge in [-0.2, -0.15) is 0 Å². The van der Waals surface area contributed by atoms with E-state index in [2.05, 4.69) is 10.6 Å². The summed E-state index contributed by atoms with van der Waals surface area (Å²) in [5.41, 5.74) is 0.975. The number of carbonyl (C=O) groups is 4. The van der Waals surface area contributed by atoms with Gasteiger partial charge in [-0.25, -0.2) is 0 Å². The normalized spacial score (nSPS) is 12.5. The summed E-state index contributed by atoms with van der Waals surface area (Å²) in [4.78, 5) is 48.4. The Morgan fingerprint density at radius 2 is 1.00 bits per heavy atom. The number of ketones is 2. The van der Waals surface area contributed by atoms with E-state index < -0.39 is 12.1 Å². The Morgan fingerprint density at radius 3 is 1.30 bits per heavy atom. The van der Waals surface area contributed by atoms with E-state index in [1.54, 1.807) is 48.5 Å². The molecule has 0 heterocycles. The van der Waals surface area contributed by atoms with E-state index in [0.717, 1.165) is 0 Å². The molecule has 30 heavy (non-hydrogen) atoms. The summed E-state index contributed by atoms with van der Waals surface area (Å²) in [6.07, 6.45) is 0. The van der Waals surface area contributed by atoms with Crippen LogP contribution in [0.25, 0.3) is 0 Å². The van der Waals surface area contributed by atoms with Gasteiger partial charge in [0.25, 0.3) is 11.8 Å². The van der Waals surface area contributed by atoms with E-state index in [4.69, 9.17) is 0 Å². The van der Waals surface area contributed by atoms with Gasteiger partial charge in [0.15, 0.2) is 11.6 Å². The van der Waals surface area contributed by atoms with Gasteiger partial charge < -0.3 is 10.6 Å². The van der Waals surface area contributed by atoms with Crippen molar-refractivity contribution < 1.29 is 19.2 Å². The quantitative estimate of drug-likeness (QED) is 0.409. The van der Waals surface area contributed by atoms with Crippen molar-refractivity contribution in [2.45, 2.75) is 25.9 Å². The zero-order valence-electron chi connectivity index (χ0n) is 16.8. The second-order valence-corrected chi connectivity index (χ2v) is 9.13. The molecular formula is C22H24N2O4S2. The van der Waals surface area contributed by atoms with Crippen molar-refractivity contribution in [2.24, 2.45) is 0 Å². The Hall–Kier alpha value is -2.58. The summed E-state index contributed by atoms with van der Waals surface area (Å²) in [7, 11) is 2.75. The lowest BCUT2D eigenvalue weighted by Gasteiger charge is -2.17. The number of benzene rings is 2. The fraction of sp³-hybridized carbons (Fsp3) is 0.273. The van der Waals surface area contributed by atoms with Crippen molar-refractivity contribution >= 4 is 45.0 Å². The van der Waals surface area contributed by atoms with Gasteiger partial charge in [0.2, 0.25) is 0 Å². The standard InChI is InChI=1S/C22H24N2O4S2/c1-15(25)19(23-21(27)17-9-5-3-6-10-17)13-29-30-14-20(16(2)26)24-22(28)18-11-7-4-8-12-18/h3-12,19-20H,13-14H2,1-2H3,(H,23,27)(H,24,28)/t19-,20-/m0/s1. The molecule has 8 heteroatoms. The number of rotatable bonds is 11. The van der Waals surface area contributed by atoms with Crippen molar-refractivity contribution in [2.75, 3.05) is 11.5 Å². The van der Waals surface area contributed by atoms with Crippen LogP contribution in [-0.4, -0.2) is 47.0 Å². The maximum absolute atomic E-state index is 12.3. The van der Waals surface area contributed by atoms with E-state index in [0.29, 0.717) is 22.6 Å². The molecule has 2 aromatic rings. The highest BCUT2D eigenvalue weighted by molar-refractivity contribution is 8.76. The van der Waals surface area contributed by atoms with Crippen LogP contribution in [-0.2, 0) is 9.59 Å². The van der Waals surface area contributed by atoms with Crippen LogP contribution in [0.1, 0.15) is 34.6 Å². The first-order valence-corrected chi connectivity index (χ1v) is 11.8. The first kappa shape index (κ1) is 23.7. The van der Waals surface area contributed by atoms with E-state index >= 15 is 0 Å². The van der Waals surface area contributed by atoms with Gasteiger partial charge in [0, 0.05) is 22.6 Å². The highest BCUT2D eigenvalue weighted by atomic mass is 33.1. The lowest BCUT2D eigenvalue weighted by atomic mass is 10.2. The Morgan fingerprint density at radius 1 is 0.667 bits per heavy atom. The highest BCUT2D eigenvalue weighted by Crippen LogP contribution is 2.23. The molecule has 158 valence electrons. The number of hydrogen-bond donors (Lipinski definition) is 2. The molecule has 0 aliphatic carbocycles. The number of hydrogen-bond acceptors (Lipinski definition) is 6. The number of nitrogens with one attached hydrogen (secondary N) is 2. The van der Waals surface area contributed by atoms with Crippen molar-refractivity contribution in [1.82, 2.24) is 10.6 Å². The Kier molecular flexibility index (Phi) is 9.63. The number of Topliss-reactive ketones (excluding diaryl/α,β-unsaturated/α-hetero) is 2. The van der Waals surface area contributed by atoms with Crippen molar-refractivity contribution in [1.29, 1.82) is 0 Å². The molecule has 0 aliphatic rings. The molecule has 0 aliphatic heterocycles. The van der Waals surface area contributed by atoms with E-state index in [1.165, 1.54) is 35.4 Å². The minimum atomic E-state index is -0.634. The summed E-state index contributed by atoms with van der Waals surface area (Å²) < 4.78 is 0. The average Bonchev–Trinajstić information content (AvgIpc) is 2.75. The summed E-state index contributed by atoms with van der Waals surface area (Å²) in [5.74, 6) is -0.192. The van der Waals surface area contributed by atoms with Crippen LogP contribution in [0.2, 0.25) is 0 Å². The van der Waals surface area contributed by atoms with Crippen molar-refractivity contribution in [3.8, 4) is 0 Å². The SMILES string of the molecule is CC(=O)[C@H](CSSC[C@H](NC(=O)c1ccccc1)C(C)=O)NC(=O)c1ccccc1. The Balaban J connectivity index is 1.83. The van der Waals surface area contributed by atoms with Crippen LogP contribution < -0.4 is 10.6 Å². The molecule has 2 atom stereocenters. The molecule has 0 spiro atoms. The summed E-state index contributed by atoms with van der Waals surface area (Å²) in [6, 6.07) is 16.1. The summed E-state index contributed by atoms with van der Waals surface area (Å²) >= 11 is 0. The molecule has 0 aromatic heterocycles. The maximum Gasteiger partial charge on any atom is 0.251 e. The highest BCUT2D eigenvalue weighted by Gasteiger charge is 2.21. The minimum Gasteiger partial charge on any atom is -0.341 e. The Bertz CT molecular complexity index is 802. The average molecular weight is 445 g/mol. The van der Waals surface area contributed by atoms with Gasteiger partial charge in [0.1, 0.15) is 0 Å². The van der Waals surface area contributed by atoms with Gasteiger partial charge in [0.05, 0.1) is 12.1 Å². The first-order chi connectivity index (χ1) is 14.4. The zero-order valence-corrected chi connectivity index (χ0v) is 18.4. The Labute approximate surface area is 184 Å². The van der Waals surface area contributed by atoms with Crippen LogP contribution in [0.4, 0.5) is 0 Å². The second kappa shape index (κ2) is 12.2. The van der Waals surface area contributed by atoms with Crippen LogP contribution in [0.3, 0.4) is 0 Å². The van der Waals surface area contributed by atoms with Gasteiger partial charge in [-0.1, -0.05) is 58.0 Å². The minimum absolute atomic E-state index is 0.145. The second-order valence-electron chi connectivity index (χ2n) is 6.57. The van der Waals surface area contributed by atoms with E-state index in [-0.39, 0.29) is 23.4 Å². The monoisotopic (exact) mass is 444 g/mol. The fourth-order valence-corrected chi connectivity index (χ4v) is 4.91. The molecular weight excluding hydrogens is 420 g/mol. The molecule has 0 unspecified atom stereocenters. The lowest BCUT2D eigenvalue weighted by Crippen LogP contribution is -2.42. The third-order valence-electron chi connectivity index (χ3n) is 4.22. The molecule has 2 N–H and O–H groups in total. The van der Waals surface area contributed by atoms with Gasteiger partial charge in [-0.05, 0) is 38.1 Å². The third kappa shape index (κ3) is 7.68. The molecule has 0 fully saturated rings.